The molecule has 0 saturated heterocycles. The van der Waals surface area contributed by atoms with E-state index in [1.54, 1.807) is 0 Å². The summed E-state index contributed by atoms with van der Waals surface area (Å²) in [6.07, 6.45) is 10.6. The molecule has 0 N–H and O–H groups in total. The highest BCUT2D eigenvalue weighted by Crippen LogP contribution is 2.33. The van der Waals surface area contributed by atoms with Crippen LogP contribution in [0.4, 0.5) is 0 Å². The van der Waals surface area contributed by atoms with Gasteiger partial charge in [0, 0.05) is 12.3 Å². The average Bonchev–Trinajstić information content (AvgIpc) is 2.55. The smallest absolute Gasteiger partial charge is 0.140 e. The maximum absolute atomic E-state index is 12.2. The lowest BCUT2D eigenvalue weighted by atomic mass is 9.78. The minimum Gasteiger partial charge on any atom is -0.494 e. The van der Waals surface area contributed by atoms with Gasteiger partial charge in [0.1, 0.15) is 11.5 Å². The van der Waals surface area contributed by atoms with Crippen LogP contribution in [0.15, 0.2) is 24.3 Å². The summed E-state index contributed by atoms with van der Waals surface area (Å²) in [5.41, 5.74) is 1.16. The fraction of sp³-hybridized carbons (Fsp3) is 0.667. The summed E-state index contributed by atoms with van der Waals surface area (Å²) < 4.78 is 5.81. The molecule has 2 rings (SSSR count). The highest BCUT2D eigenvalue weighted by atomic mass is 16.5. The molecule has 0 spiro atoms. The second-order valence-corrected chi connectivity index (χ2v) is 7.09. The van der Waals surface area contributed by atoms with Crippen LogP contribution in [0.5, 0.6) is 5.75 Å². The highest BCUT2D eigenvalue weighted by molar-refractivity contribution is 5.86. The molecule has 1 aliphatic rings. The van der Waals surface area contributed by atoms with Crippen LogP contribution in [-0.4, -0.2) is 12.4 Å². The summed E-state index contributed by atoms with van der Waals surface area (Å²) in [5.74, 6) is 2.00. The van der Waals surface area contributed by atoms with Gasteiger partial charge in [-0.25, -0.2) is 0 Å². The zero-order valence-corrected chi connectivity index (χ0v) is 14.9. The quantitative estimate of drug-likeness (QED) is 0.530. The summed E-state index contributed by atoms with van der Waals surface area (Å²) in [4.78, 5) is 12.2. The molecule has 0 aromatic heterocycles. The molecule has 1 fully saturated rings. The standard InChI is InChI=1S/C21H32O2/c1-3-4-5-6-7-8-15-23-19-12-10-18(11-13-19)20-14-9-17(2)16-21(20)22/h10-13,17,20H,3-9,14-16H2,1-2H3/t17-,20+/m0/s1. The second-order valence-electron chi connectivity index (χ2n) is 7.09. The Kier molecular flexibility index (Phi) is 7.64. The monoisotopic (exact) mass is 316 g/mol. The van der Waals surface area contributed by atoms with Crippen molar-refractivity contribution in [2.24, 2.45) is 5.92 Å². The molecule has 1 aromatic carbocycles. The molecule has 0 amide bonds. The fourth-order valence-corrected chi connectivity index (χ4v) is 3.42. The number of Topliss-reactive ketones (excluding diaryl/α,β-unsaturated/α-hetero) is 1. The van der Waals surface area contributed by atoms with Gasteiger partial charge in [-0.3, -0.25) is 4.79 Å². The fourth-order valence-electron chi connectivity index (χ4n) is 3.42. The van der Waals surface area contributed by atoms with Crippen molar-refractivity contribution in [3.05, 3.63) is 29.8 Å². The Labute approximate surface area is 141 Å². The van der Waals surface area contributed by atoms with Gasteiger partial charge in [-0.2, -0.15) is 0 Å². The largest absolute Gasteiger partial charge is 0.494 e. The summed E-state index contributed by atoms with van der Waals surface area (Å²) in [5, 5.41) is 0. The molecule has 1 aliphatic carbocycles. The van der Waals surface area contributed by atoms with Gasteiger partial charge in [0.25, 0.3) is 0 Å². The van der Waals surface area contributed by atoms with Crippen molar-refractivity contribution in [1.29, 1.82) is 0 Å². The van der Waals surface area contributed by atoms with Crippen molar-refractivity contribution >= 4 is 5.78 Å². The molecule has 128 valence electrons. The predicted octanol–water partition coefficient (Wildman–Crippen LogP) is 5.90. The van der Waals surface area contributed by atoms with Crippen LogP contribution in [0.1, 0.15) is 83.1 Å². The SMILES string of the molecule is CCCCCCCCOc1ccc([C@H]2CC[C@H](C)CC2=O)cc1. The molecular formula is C21H32O2. The van der Waals surface area contributed by atoms with Gasteiger partial charge in [-0.05, 0) is 42.9 Å². The average molecular weight is 316 g/mol. The van der Waals surface area contributed by atoms with Crippen LogP contribution < -0.4 is 4.74 Å². The van der Waals surface area contributed by atoms with E-state index in [0.29, 0.717) is 11.7 Å². The zero-order chi connectivity index (χ0) is 16.5. The first-order valence-electron chi connectivity index (χ1n) is 9.46. The van der Waals surface area contributed by atoms with E-state index in [9.17, 15) is 4.79 Å². The second kappa shape index (κ2) is 9.75. The molecule has 0 aliphatic heterocycles. The Morgan fingerprint density at radius 2 is 1.70 bits per heavy atom. The number of ketones is 1. The maximum atomic E-state index is 12.2. The van der Waals surface area contributed by atoms with Crippen LogP contribution in [0.2, 0.25) is 0 Å². The lowest BCUT2D eigenvalue weighted by Gasteiger charge is -2.25. The van der Waals surface area contributed by atoms with Crippen LogP contribution in [0.3, 0.4) is 0 Å². The third-order valence-electron chi connectivity index (χ3n) is 4.94. The number of carbonyl (C=O) groups is 1. The molecule has 0 heterocycles. The number of carbonyl (C=O) groups excluding carboxylic acids is 1. The van der Waals surface area contributed by atoms with Crippen molar-refractivity contribution in [3.8, 4) is 5.75 Å². The minimum absolute atomic E-state index is 0.110. The van der Waals surface area contributed by atoms with E-state index in [-0.39, 0.29) is 5.92 Å². The lowest BCUT2D eigenvalue weighted by Crippen LogP contribution is -2.21. The number of hydrogen-bond acceptors (Lipinski definition) is 2. The van der Waals surface area contributed by atoms with Crippen LogP contribution in [0, 0.1) is 5.92 Å². The Morgan fingerprint density at radius 3 is 2.39 bits per heavy atom. The highest BCUT2D eigenvalue weighted by Gasteiger charge is 2.27. The maximum Gasteiger partial charge on any atom is 0.140 e. The summed E-state index contributed by atoms with van der Waals surface area (Å²) in [6.45, 7) is 5.22. The zero-order valence-electron chi connectivity index (χ0n) is 14.9. The molecule has 0 unspecified atom stereocenters. The number of benzene rings is 1. The van der Waals surface area contributed by atoms with Gasteiger partial charge in [0.2, 0.25) is 0 Å². The third kappa shape index (κ3) is 6.01. The number of unbranched alkanes of at least 4 members (excludes halogenated alkanes) is 5. The number of rotatable bonds is 9. The van der Waals surface area contributed by atoms with Crippen LogP contribution in [0.25, 0.3) is 0 Å². The topological polar surface area (TPSA) is 26.3 Å². The Morgan fingerprint density at radius 1 is 1.00 bits per heavy atom. The normalized spacial score (nSPS) is 21.4. The van der Waals surface area contributed by atoms with Crippen molar-refractivity contribution in [2.75, 3.05) is 6.61 Å². The van der Waals surface area contributed by atoms with Crippen LogP contribution in [-0.2, 0) is 4.79 Å². The Hall–Kier alpha value is -1.31. The lowest BCUT2D eigenvalue weighted by molar-refractivity contribution is -0.123. The van der Waals surface area contributed by atoms with E-state index in [2.05, 4.69) is 26.0 Å². The Bertz CT molecular complexity index is 463. The minimum atomic E-state index is 0.110. The van der Waals surface area contributed by atoms with Gasteiger partial charge in [-0.15, -0.1) is 0 Å². The van der Waals surface area contributed by atoms with Crippen LogP contribution >= 0.6 is 0 Å². The van der Waals surface area contributed by atoms with Crippen molar-refractivity contribution in [1.82, 2.24) is 0 Å². The first kappa shape index (κ1) is 18.0. The molecule has 2 heteroatoms. The molecular weight excluding hydrogens is 284 g/mol. The van der Waals surface area contributed by atoms with E-state index in [1.165, 1.54) is 32.1 Å². The molecule has 1 aromatic rings. The van der Waals surface area contributed by atoms with Gasteiger partial charge in [0.15, 0.2) is 0 Å². The summed E-state index contributed by atoms with van der Waals surface area (Å²) >= 11 is 0. The van der Waals surface area contributed by atoms with Gasteiger partial charge in [0.05, 0.1) is 6.61 Å². The molecule has 0 radical (unpaired) electrons. The van der Waals surface area contributed by atoms with E-state index >= 15 is 0 Å². The van der Waals surface area contributed by atoms with Crippen molar-refractivity contribution < 1.29 is 9.53 Å². The van der Waals surface area contributed by atoms with Gasteiger partial charge in [-0.1, -0.05) is 58.1 Å². The molecule has 1 saturated carbocycles. The first-order chi connectivity index (χ1) is 11.2. The Balaban J connectivity index is 1.71. The molecule has 0 bridgehead atoms. The third-order valence-corrected chi connectivity index (χ3v) is 4.94. The van der Waals surface area contributed by atoms with E-state index in [0.717, 1.165) is 43.6 Å². The van der Waals surface area contributed by atoms with Crippen molar-refractivity contribution in [3.63, 3.8) is 0 Å². The molecule has 23 heavy (non-hydrogen) atoms. The summed E-state index contributed by atoms with van der Waals surface area (Å²) in [7, 11) is 0. The van der Waals surface area contributed by atoms with Gasteiger partial charge >= 0.3 is 0 Å². The molecule has 2 nitrogen and oxygen atoms in total. The van der Waals surface area contributed by atoms with Crippen molar-refractivity contribution in [2.45, 2.75) is 77.6 Å². The number of ether oxygens (including phenoxy) is 1. The van der Waals surface area contributed by atoms with E-state index < -0.39 is 0 Å². The first-order valence-corrected chi connectivity index (χ1v) is 9.46. The number of hydrogen-bond donors (Lipinski definition) is 0. The van der Waals surface area contributed by atoms with E-state index in [4.69, 9.17) is 4.74 Å². The summed E-state index contributed by atoms with van der Waals surface area (Å²) in [6, 6.07) is 8.21. The van der Waals surface area contributed by atoms with Gasteiger partial charge < -0.3 is 4.74 Å². The predicted molar refractivity (Wildman–Crippen MR) is 96.1 cm³/mol. The van der Waals surface area contributed by atoms with E-state index in [1.807, 2.05) is 12.1 Å². The molecule has 2 atom stereocenters.